The van der Waals surface area contributed by atoms with Crippen LogP contribution in [-0.2, 0) is 11.2 Å². The first-order valence-corrected chi connectivity index (χ1v) is 9.87. The van der Waals surface area contributed by atoms with Crippen molar-refractivity contribution in [1.82, 2.24) is 20.2 Å². The smallest absolute Gasteiger partial charge is 0.251 e. The number of carbonyl (C=O) groups excluding carboxylic acids is 1. The highest BCUT2D eigenvalue weighted by atomic mass is 16.1. The number of nitrogens with zero attached hydrogens (tertiary/aromatic N) is 3. The number of carbonyl (C=O) groups is 1. The fourth-order valence-corrected chi connectivity index (χ4v) is 3.50. The first-order chi connectivity index (χ1) is 13.5. The summed E-state index contributed by atoms with van der Waals surface area (Å²) in [7, 11) is 0. The van der Waals surface area contributed by atoms with E-state index in [-0.39, 0.29) is 11.5 Å². The molecule has 28 heavy (non-hydrogen) atoms. The van der Waals surface area contributed by atoms with Gasteiger partial charge in [0.2, 0.25) is 5.91 Å². The van der Waals surface area contributed by atoms with Crippen molar-refractivity contribution in [3.8, 4) is 0 Å². The molecule has 7 nitrogen and oxygen atoms in total. The van der Waals surface area contributed by atoms with Crippen LogP contribution in [0.3, 0.4) is 0 Å². The number of aromatic amines is 1. The Morgan fingerprint density at radius 1 is 1.18 bits per heavy atom. The molecule has 2 heterocycles. The molecule has 7 heteroatoms. The van der Waals surface area contributed by atoms with Crippen molar-refractivity contribution < 1.29 is 4.79 Å². The van der Waals surface area contributed by atoms with Crippen molar-refractivity contribution in [3.05, 3.63) is 57.8 Å². The number of hydrogen-bond acceptors (Lipinski definition) is 5. The molecule has 1 fully saturated rings. The Morgan fingerprint density at radius 3 is 2.68 bits per heavy atom. The first-order valence-electron chi connectivity index (χ1n) is 9.87. The van der Waals surface area contributed by atoms with Gasteiger partial charge in [-0.2, -0.15) is 0 Å². The number of H-pyrrole nitrogens is 1. The molecule has 1 amide bonds. The number of rotatable bonds is 7. The van der Waals surface area contributed by atoms with E-state index in [1.165, 1.54) is 17.3 Å². The number of hydrogen-bond donors (Lipinski definition) is 2. The largest absolute Gasteiger partial charge is 0.369 e. The minimum absolute atomic E-state index is 0.0441. The number of nitrogens with one attached hydrogen (secondary N) is 2. The molecule has 0 unspecified atom stereocenters. The lowest BCUT2D eigenvalue weighted by Crippen LogP contribution is -2.47. The minimum Gasteiger partial charge on any atom is -0.369 e. The molecule has 2 aromatic rings. The molecule has 0 bridgehead atoms. The Balaban J connectivity index is 1.34. The number of amides is 1. The topological polar surface area (TPSA) is 81.3 Å². The summed E-state index contributed by atoms with van der Waals surface area (Å²) < 4.78 is 0. The van der Waals surface area contributed by atoms with Crippen LogP contribution in [0.25, 0.3) is 0 Å². The molecule has 1 saturated heterocycles. The minimum atomic E-state index is -0.154. The van der Waals surface area contributed by atoms with Crippen molar-refractivity contribution >= 4 is 11.6 Å². The second-order valence-electron chi connectivity index (χ2n) is 7.34. The van der Waals surface area contributed by atoms with E-state index >= 15 is 0 Å². The fraction of sp³-hybridized carbons (Fsp3) is 0.476. The summed E-state index contributed by atoms with van der Waals surface area (Å²) in [5.41, 5.74) is 3.11. The van der Waals surface area contributed by atoms with Gasteiger partial charge >= 0.3 is 0 Å². The number of anilines is 1. The second kappa shape index (κ2) is 9.50. The standard InChI is InChI=1S/C21H29N5O2/c1-16-4-3-5-19(14-16)26-12-10-25(11-13-26)9-7-20(27)22-8-6-18-15-21(28)24-17(2)23-18/h3-5,14-15H,6-13H2,1-2H3,(H,22,27)(H,23,24,28). The maximum Gasteiger partial charge on any atom is 0.251 e. The quantitative estimate of drug-likeness (QED) is 0.752. The average Bonchev–Trinajstić information content (AvgIpc) is 2.66. The maximum atomic E-state index is 12.1. The molecule has 0 atom stereocenters. The highest BCUT2D eigenvalue weighted by Crippen LogP contribution is 2.17. The third-order valence-electron chi connectivity index (χ3n) is 5.01. The van der Waals surface area contributed by atoms with Gasteiger partial charge in [-0.05, 0) is 31.5 Å². The van der Waals surface area contributed by atoms with Crippen molar-refractivity contribution in [3.63, 3.8) is 0 Å². The highest BCUT2D eigenvalue weighted by Gasteiger charge is 2.17. The Hall–Kier alpha value is -2.67. The molecule has 0 radical (unpaired) electrons. The third kappa shape index (κ3) is 5.92. The molecular formula is C21H29N5O2. The highest BCUT2D eigenvalue weighted by molar-refractivity contribution is 5.76. The number of aryl methyl sites for hydroxylation is 2. The monoisotopic (exact) mass is 383 g/mol. The molecule has 150 valence electrons. The lowest BCUT2D eigenvalue weighted by atomic mass is 10.2. The van der Waals surface area contributed by atoms with E-state index in [0.29, 0.717) is 30.9 Å². The van der Waals surface area contributed by atoms with Crippen LogP contribution >= 0.6 is 0 Å². The first kappa shape index (κ1) is 20.1. The molecule has 0 aliphatic carbocycles. The van der Waals surface area contributed by atoms with Gasteiger partial charge in [-0.3, -0.25) is 14.5 Å². The summed E-state index contributed by atoms with van der Waals surface area (Å²) in [5, 5.41) is 2.92. The summed E-state index contributed by atoms with van der Waals surface area (Å²) in [4.78, 5) is 35.2. The van der Waals surface area contributed by atoms with Gasteiger partial charge in [0.1, 0.15) is 5.82 Å². The SMILES string of the molecule is Cc1cccc(N2CCN(CCC(=O)NCCc3cc(=O)[nH]c(C)n3)CC2)c1. The summed E-state index contributed by atoms with van der Waals surface area (Å²) >= 11 is 0. The zero-order valence-corrected chi connectivity index (χ0v) is 16.7. The molecule has 2 N–H and O–H groups in total. The second-order valence-corrected chi connectivity index (χ2v) is 7.34. The van der Waals surface area contributed by atoms with Gasteiger partial charge in [-0.15, -0.1) is 0 Å². The van der Waals surface area contributed by atoms with Crippen LogP contribution in [0.1, 0.15) is 23.5 Å². The summed E-state index contributed by atoms with van der Waals surface area (Å²) in [6.07, 6.45) is 1.05. The van der Waals surface area contributed by atoms with Gasteiger partial charge < -0.3 is 15.2 Å². The van der Waals surface area contributed by atoms with Crippen molar-refractivity contribution in [2.75, 3.05) is 44.2 Å². The van der Waals surface area contributed by atoms with Gasteiger partial charge in [-0.25, -0.2) is 4.98 Å². The van der Waals surface area contributed by atoms with Crippen molar-refractivity contribution in [2.45, 2.75) is 26.7 Å². The van der Waals surface area contributed by atoms with Crippen LogP contribution in [-0.4, -0.2) is 60.0 Å². The van der Waals surface area contributed by atoms with Gasteiger partial charge in [-0.1, -0.05) is 12.1 Å². The van der Waals surface area contributed by atoms with E-state index in [1.54, 1.807) is 6.92 Å². The predicted molar refractivity (Wildman–Crippen MR) is 111 cm³/mol. The van der Waals surface area contributed by atoms with Crippen LogP contribution in [0.15, 0.2) is 35.1 Å². The van der Waals surface area contributed by atoms with E-state index in [1.807, 2.05) is 0 Å². The molecule has 1 aromatic heterocycles. The lowest BCUT2D eigenvalue weighted by molar-refractivity contribution is -0.121. The van der Waals surface area contributed by atoms with Gasteiger partial charge in [0.25, 0.3) is 5.56 Å². The zero-order valence-electron chi connectivity index (χ0n) is 16.7. The van der Waals surface area contributed by atoms with E-state index in [0.717, 1.165) is 32.7 Å². The molecule has 1 aliphatic rings. The molecular weight excluding hydrogens is 354 g/mol. The Labute approximate surface area is 165 Å². The Kier molecular flexibility index (Phi) is 6.81. The molecule has 1 aliphatic heterocycles. The number of piperazine rings is 1. The number of benzene rings is 1. The summed E-state index contributed by atoms with van der Waals surface area (Å²) in [5.74, 6) is 0.640. The van der Waals surface area contributed by atoms with E-state index in [2.05, 4.69) is 56.3 Å². The van der Waals surface area contributed by atoms with Crippen LogP contribution in [0.4, 0.5) is 5.69 Å². The fourth-order valence-electron chi connectivity index (χ4n) is 3.50. The number of aromatic nitrogens is 2. The normalized spacial score (nSPS) is 14.9. The average molecular weight is 383 g/mol. The van der Waals surface area contributed by atoms with E-state index in [4.69, 9.17) is 0 Å². The van der Waals surface area contributed by atoms with Crippen LogP contribution < -0.4 is 15.8 Å². The Bertz CT molecular complexity index is 856. The van der Waals surface area contributed by atoms with Crippen LogP contribution in [0.5, 0.6) is 0 Å². The van der Waals surface area contributed by atoms with Gasteiger partial charge in [0, 0.05) is 69.6 Å². The van der Waals surface area contributed by atoms with Crippen molar-refractivity contribution in [2.24, 2.45) is 0 Å². The van der Waals surface area contributed by atoms with E-state index in [9.17, 15) is 9.59 Å². The molecule has 1 aromatic carbocycles. The van der Waals surface area contributed by atoms with Crippen molar-refractivity contribution in [1.29, 1.82) is 0 Å². The van der Waals surface area contributed by atoms with Gasteiger partial charge in [0.05, 0.1) is 0 Å². The molecule has 0 saturated carbocycles. The molecule has 3 rings (SSSR count). The maximum absolute atomic E-state index is 12.1. The lowest BCUT2D eigenvalue weighted by Gasteiger charge is -2.36. The Morgan fingerprint density at radius 2 is 1.96 bits per heavy atom. The summed E-state index contributed by atoms with van der Waals surface area (Å²) in [6, 6.07) is 10.1. The van der Waals surface area contributed by atoms with E-state index < -0.39 is 0 Å². The zero-order chi connectivity index (χ0) is 19.9. The molecule has 0 spiro atoms. The van der Waals surface area contributed by atoms with Crippen LogP contribution in [0, 0.1) is 13.8 Å². The summed E-state index contributed by atoms with van der Waals surface area (Å²) in [6.45, 7) is 9.05. The van der Waals surface area contributed by atoms with Gasteiger partial charge in [0.15, 0.2) is 0 Å². The van der Waals surface area contributed by atoms with Crippen LogP contribution in [0.2, 0.25) is 0 Å². The third-order valence-corrected chi connectivity index (χ3v) is 5.01. The predicted octanol–water partition coefficient (Wildman–Crippen LogP) is 1.26.